The number of hydrogen-bond acceptors (Lipinski definition) is 6. The highest BCUT2D eigenvalue weighted by atomic mass is 32.2. The third kappa shape index (κ3) is 5.04. The first-order valence-corrected chi connectivity index (χ1v) is 9.76. The number of rotatable bonds is 7. The predicted molar refractivity (Wildman–Crippen MR) is 104 cm³/mol. The van der Waals surface area contributed by atoms with Crippen LogP contribution in [0.1, 0.15) is 15.9 Å². The van der Waals surface area contributed by atoms with Crippen molar-refractivity contribution in [3.05, 3.63) is 63.7 Å². The quantitative estimate of drug-likeness (QED) is 0.523. The van der Waals surface area contributed by atoms with Gasteiger partial charge in [0.25, 0.3) is 5.69 Å². The Kier molecular flexibility index (Phi) is 5.99. The zero-order valence-corrected chi connectivity index (χ0v) is 15.9. The lowest BCUT2D eigenvalue weighted by Gasteiger charge is -2.23. The third-order valence-corrected chi connectivity index (χ3v) is 4.92. The molecule has 2 amide bonds. The van der Waals surface area contributed by atoms with Crippen LogP contribution in [0.25, 0.3) is 0 Å². The van der Waals surface area contributed by atoms with Gasteiger partial charge in [-0.3, -0.25) is 24.0 Å². The topological polar surface area (TPSA) is 153 Å². The number of aryl methyl sites for hydroxylation is 1. The Morgan fingerprint density at radius 3 is 2.46 bits per heavy atom. The number of carbonyl (C=O) groups is 2. The summed E-state index contributed by atoms with van der Waals surface area (Å²) in [6.45, 7) is 0.965. The number of nitrogens with zero attached hydrogens (tertiary/aromatic N) is 2. The molecule has 0 atom stereocenters. The molecule has 10 nitrogen and oxygen atoms in total. The molecule has 2 aromatic rings. The summed E-state index contributed by atoms with van der Waals surface area (Å²) in [5, 5.41) is 13.5. The van der Waals surface area contributed by atoms with Crippen molar-refractivity contribution in [1.82, 2.24) is 0 Å². The average molecular weight is 406 g/mol. The summed E-state index contributed by atoms with van der Waals surface area (Å²) in [7, 11) is -3.92. The number of benzene rings is 2. The van der Waals surface area contributed by atoms with Crippen LogP contribution >= 0.6 is 0 Å². The minimum Gasteiger partial charge on any atom is -0.366 e. The maximum atomic E-state index is 12.4. The summed E-state index contributed by atoms with van der Waals surface area (Å²) in [5.41, 5.74) is 5.78. The van der Waals surface area contributed by atoms with Gasteiger partial charge in [-0.15, -0.1) is 0 Å². The van der Waals surface area contributed by atoms with Crippen molar-refractivity contribution in [3.8, 4) is 0 Å². The molecule has 0 radical (unpaired) electrons. The van der Waals surface area contributed by atoms with Crippen molar-refractivity contribution in [3.63, 3.8) is 0 Å². The normalized spacial score (nSPS) is 10.9. The molecule has 28 heavy (non-hydrogen) atoms. The maximum absolute atomic E-state index is 12.4. The Hall–Kier alpha value is -3.47. The van der Waals surface area contributed by atoms with E-state index in [1.807, 2.05) is 0 Å². The number of anilines is 2. The van der Waals surface area contributed by atoms with Gasteiger partial charge in [0.15, 0.2) is 0 Å². The Labute approximate surface area is 161 Å². The second-order valence-electron chi connectivity index (χ2n) is 5.99. The summed E-state index contributed by atoms with van der Waals surface area (Å²) in [5.74, 6) is -1.38. The Morgan fingerprint density at radius 1 is 1.21 bits per heavy atom. The van der Waals surface area contributed by atoms with Crippen LogP contribution in [0.5, 0.6) is 0 Å². The molecule has 2 aromatic carbocycles. The highest BCUT2D eigenvalue weighted by Crippen LogP contribution is 2.27. The number of primary amides is 1. The van der Waals surface area contributed by atoms with E-state index in [1.165, 1.54) is 36.4 Å². The lowest BCUT2D eigenvalue weighted by atomic mass is 10.2. The minimum atomic E-state index is -3.92. The van der Waals surface area contributed by atoms with Crippen LogP contribution in [-0.4, -0.2) is 38.0 Å². The van der Waals surface area contributed by atoms with Crippen molar-refractivity contribution in [2.75, 3.05) is 22.4 Å². The Balaban J connectivity index is 2.32. The highest BCUT2D eigenvalue weighted by molar-refractivity contribution is 7.92. The summed E-state index contributed by atoms with van der Waals surface area (Å²) in [6, 6.07) is 9.57. The average Bonchev–Trinajstić information content (AvgIpc) is 2.59. The molecule has 148 valence electrons. The standard InChI is InChI=1S/C17H18N4O6S/c1-11-6-7-14(21(24)25)9-15(11)20(28(2,26)27)10-16(22)19-13-5-3-4-12(8-13)17(18)23/h3-9H,10H2,1-2H3,(H2,18,23)(H,19,22). The molecule has 0 fully saturated rings. The minimum absolute atomic E-state index is 0.0257. The van der Waals surface area contributed by atoms with E-state index in [1.54, 1.807) is 6.92 Å². The SMILES string of the molecule is Cc1ccc([N+](=O)[O-])cc1N(CC(=O)Nc1cccc(C(N)=O)c1)S(C)(=O)=O. The number of nitro groups is 1. The second-order valence-corrected chi connectivity index (χ2v) is 7.90. The molecule has 0 aliphatic rings. The molecular formula is C17H18N4O6S. The van der Waals surface area contributed by atoms with Crippen LogP contribution in [0.15, 0.2) is 42.5 Å². The van der Waals surface area contributed by atoms with Crippen LogP contribution in [0.3, 0.4) is 0 Å². The fourth-order valence-corrected chi connectivity index (χ4v) is 3.35. The van der Waals surface area contributed by atoms with Crippen molar-refractivity contribution in [2.24, 2.45) is 5.73 Å². The smallest absolute Gasteiger partial charge is 0.271 e. The maximum Gasteiger partial charge on any atom is 0.271 e. The monoisotopic (exact) mass is 406 g/mol. The van der Waals surface area contributed by atoms with E-state index >= 15 is 0 Å². The van der Waals surface area contributed by atoms with Gasteiger partial charge in [-0.05, 0) is 30.7 Å². The number of amides is 2. The van der Waals surface area contributed by atoms with Crippen molar-refractivity contribution in [1.29, 1.82) is 0 Å². The van der Waals surface area contributed by atoms with E-state index in [0.717, 1.165) is 16.6 Å². The molecule has 0 unspecified atom stereocenters. The predicted octanol–water partition coefficient (Wildman–Crippen LogP) is 1.41. The van der Waals surface area contributed by atoms with E-state index < -0.39 is 33.3 Å². The zero-order valence-electron chi connectivity index (χ0n) is 15.1. The van der Waals surface area contributed by atoms with Crippen LogP contribution in [-0.2, 0) is 14.8 Å². The highest BCUT2D eigenvalue weighted by Gasteiger charge is 2.24. The van der Waals surface area contributed by atoms with E-state index in [4.69, 9.17) is 5.73 Å². The molecule has 3 N–H and O–H groups in total. The van der Waals surface area contributed by atoms with Gasteiger partial charge in [0, 0.05) is 23.4 Å². The van der Waals surface area contributed by atoms with Gasteiger partial charge < -0.3 is 11.1 Å². The van der Waals surface area contributed by atoms with Crippen LogP contribution < -0.4 is 15.4 Å². The van der Waals surface area contributed by atoms with E-state index in [2.05, 4.69) is 5.32 Å². The first kappa shape index (κ1) is 20.8. The number of nitro benzene ring substituents is 1. The Morgan fingerprint density at radius 2 is 1.89 bits per heavy atom. The van der Waals surface area contributed by atoms with Crippen LogP contribution in [0.4, 0.5) is 17.1 Å². The molecule has 0 bridgehead atoms. The molecular weight excluding hydrogens is 388 g/mol. The van der Waals surface area contributed by atoms with Crippen molar-refractivity contribution in [2.45, 2.75) is 6.92 Å². The van der Waals surface area contributed by atoms with Crippen LogP contribution in [0, 0.1) is 17.0 Å². The van der Waals surface area contributed by atoms with E-state index in [-0.39, 0.29) is 22.6 Å². The summed E-state index contributed by atoms with van der Waals surface area (Å²) in [4.78, 5) is 34.0. The molecule has 0 aromatic heterocycles. The number of sulfonamides is 1. The van der Waals surface area contributed by atoms with Gasteiger partial charge in [0.2, 0.25) is 21.8 Å². The number of carbonyl (C=O) groups excluding carboxylic acids is 2. The van der Waals surface area contributed by atoms with Crippen molar-refractivity contribution < 1.29 is 22.9 Å². The van der Waals surface area contributed by atoms with Gasteiger partial charge in [0.05, 0.1) is 16.9 Å². The summed E-state index contributed by atoms with van der Waals surface area (Å²) < 4.78 is 25.2. The zero-order chi connectivity index (χ0) is 21.1. The fraction of sp³-hybridized carbons (Fsp3) is 0.176. The molecule has 0 spiro atoms. The first-order chi connectivity index (χ1) is 13.0. The van der Waals surface area contributed by atoms with Gasteiger partial charge in [-0.25, -0.2) is 8.42 Å². The number of hydrogen-bond donors (Lipinski definition) is 2. The van der Waals surface area contributed by atoms with E-state index in [0.29, 0.717) is 5.56 Å². The fourth-order valence-electron chi connectivity index (χ4n) is 2.44. The van der Waals surface area contributed by atoms with Gasteiger partial charge in [0.1, 0.15) is 6.54 Å². The van der Waals surface area contributed by atoms with Crippen LogP contribution in [0.2, 0.25) is 0 Å². The molecule has 0 heterocycles. The molecule has 0 aliphatic heterocycles. The van der Waals surface area contributed by atoms with Gasteiger partial charge in [-0.2, -0.15) is 0 Å². The molecule has 0 saturated carbocycles. The van der Waals surface area contributed by atoms with Crippen molar-refractivity contribution >= 4 is 38.9 Å². The van der Waals surface area contributed by atoms with Gasteiger partial charge >= 0.3 is 0 Å². The Bertz CT molecular complexity index is 1050. The molecule has 0 saturated heterocycles. The lowest BCUT2D eigenvalue weighted by molar-refractivity contribution is -0.384. The number of nitrogens with one attached hydrogen (secondary N) is 1. The summed E-state index contributed by atoms with van der Waals surface area (Å²) >= 11 is 0. The number of non-ortho nitro benzene ring substituents is 1. The van der Waals surface area contributed by atoms with E-state index in [9.17, 15) is 28.1 Å². The first-order valence-electron chi connectivity index (χ1n) is 7.91. The summed E-state index contributed by atoms with van der Waals surface area (Å²) in [6.07, 6.45) is 0.895. The third-order valence-electron chi connectivity index (χ3n) is 3.79. The molecule has 11 heteroatoms. The molecule has 0 aliphatic carbocycles. The lowest BCUT2D eigenvalue weighted by Crippen LogP contribution is -2.38. The largest absolute Gasteiger partial charge is 0.366 e. The number of nitrogens with two attached hydrogens (primary N) is 1. The van der Waals surface area contributed by atoms with Gasteiger partial charge in [-0.1, -0.05) is 12.1 Å². The second kappa shape index (κ2) is 8.05. The molecule has 2 rings (SSSR count).